The van der Waals surface area contributed by atoms with Crippen molar-refractivity contribution in [3.8, 4) is 0 Å². The molecule has 1 fully saturated rings. The summed E-state index contributed by atoms with van der Waals surface area (Å²) in [7, 11) is 0. The molecule has 1 aromatic rings. The van der Waals surface area contributed by atoms with Crippen LogP contribution in [0.2, 0.25) is 0 Å². The number of hydrogen-bond acceptors (Lipinski definition) is 4. The fraction of sp³-hybridized carbons (Fsp3) is 0.625. The van der Waals surface area contributed by atoms with E-state index >= 15 is 0 Å². The molecule has 0 heterocycles. The molecule has 2 rings (SSSR count). The van der Waals surface area contributed by atoms with Crippen molar-refractivity contribution in [2.45, 2.75) is 45.3 Å². The normalized spacial score (nSPS) is 26.7. The van der Waals surface area contributed by atoms with Gasteiger partial charge >= 0.3 is 0 Å². The van der Waals surface area contributed by atoms with E-state index in [1.165, 1.54) is 25.0 Å². The first-order chi connectivity index (χ1) is 10.0. The summed E-state index contributed by atoms with van der Waals surface area (Å²) in [5.74, 6) is 1.41. The van der Waals surface area contributed by atoms with Crippen molar-refractivity contribution in [3.63, 3.8) is 0 Å². The van der Waals surface area contributed by atoms with Crippen LogP contribution < -0.4 is 5.32 Å². The third-order valence-corrected chi connectivity index (χ3v) is 4.81. The molecule has 0 aromatic heterocycles. The Morgan fingerprint density at radius 2 is 2.05 bits per heavy atom. The van der Waals surface area contributed by atoms with Gasteiger partial charge in [-0.1, -0.05) is 20.3 Å². The molecular formula is C16H24N2O3. The highest BCUT2D eigenvalue weighted by atomic mass is 16.6. The van der Waals surface area contributed by atoms with E-state index in [4.69, 9.17) is 0 Å². The first kappa shape index (κ1) is 15.9. The number of aliphatic hydroxyl groups is 1. The van der Waals surface area contributed by atoms with Gasteiger partial charge in [-0.25, -0.2) is 0 Å². The van der Waals surface area contributed by atoms with E-state index in [0.29, 0.717) is 24.1 Å². The van der Waals surface area contributed by atoms with E-state index in [1.807, 2.05) is 0 Å². The molecule has 5 nitrogen and oxygen atoms in total. The van der Waals surface area contributed by atoms with Gasteiger partial charge in [0.25, 0.3) is 5.69 Å². The van der Waals surface area contributed by atoms with Crippen LogP contribution in [0.15, 0.2) is 24.3 Å². The van der Waals surface area contributed by atoms with Crippen LogP contribution in [0.3, 0.4) is 0 Å². The largest absolute Gasteiger partial charge is 0.387 e. The Kier molecular flexibility index (Phi) is 5.31. The summed E-state index contributed by atoms with van der Waals surface area (Å²) in [5.41, 5.74) is 0.764. The minimum absolute atomic E-state index is 0.0501. The summed E-state index contributed by atoms with van der Waals surface area (Å²) in [5, 5.41) is 24.2. The molecule has 2 N–H and O–H groups in total. The first-order valence-electron chi connectivity index (χ1n) is 7.68. The molecule has 0 radical (unpaired) electrons. The fourth-order valence-corrected chi connectivity index (χ4v) is 3.31. The quantitative estimate of drug-likeness (QED) is 0.624. The summed E-state index contributed by atoms with van der Waals surface area (Å²) in [6.07, 6.45) is 3.00. The molecule has 0 aliphatic heterocycles. The van der Waals surface area contributed by atoms with Gasteiger partial charge in [0.05, 0.1) is 11.0 Å². The minimum atomic E-state index is -0.626. The van der Waals surface area contributed by atoms with E-state index in [0.717, 1.165) is 12.3 Å². The molecule has 21 heavy (non-hydrogen) atoms. The monoisotopic (exact) mass is 292 g/mol. The number of nitrogens with zero attached hydrogens (tertiary/aromatic N) is 1. The molecule has 1 saturated carbocycles. The summed E-state index contributed by atoms with van der Waals surface area (Å²) >= 11 is 0. The maximum Gasteiger partial charge on any atom is 0.269 e. The predicted octanol–water partition coefficient (Wildman–Crippen LogP) is 3.04. The third-order valence-electron chi connectivity index (χ3n) is 4.81. The molecule has 0 saturated heterocycles. The first-order valence-corrected chi connectivity index (χ1v) is 7.68. The zero-order valence-corrected chi connectivity index (χ0v) is 12.7. The lowest BCUT2D eigenvalue weighted by Crippen LogP contribution is -2.35. The molecule has 1 aliphatic rings. The predicted molar refractivity (Wildman–Crippen MR) is 82.0 cm³/mol. The van der Waals surface area contributed by atoms with Crippen molar-refractivity contribution in [2.75, 3.05) is 6.54 Å². The van der Waals surface area contributed by atoms with Crippen LogP contribution in [-0.2, 0) is 0 Å². The molecule has 5 heteroatoms. The van der Waals surface area contributed by atoms with Gasteiger partial charge in [0.1, 0.15) is 0 Å². The Labute approximate surface area is 125 Å². The highest BCUT2D eigenvalue weighted by Crippen LogP contribution is 2.34. The molecule has 0 bridgehead atoms. The standard InChI is InChI=1S/C16H24N2O3/c1-3-12-6-9-15(11(12)2)17-10-16(19)13-4-7-14(8-5-13)18(20)21/h4-5,7-8,11-12,15-17,19H,3,6,9-10H2,1-2H3. The number of hydrogen-bond donors (Lipinski definition) is 2. The number of nitro groups is 1. The highest BCUT2D eigenvalue weighted by molar-refractivity contribution is 5.33. The van der Waals surface area contributed by atoms with Crippen molar-refractivity contribution in [2.24, 2.45) is 11.8 Å². The topological polar surface area (TPSA) is 75.4 Å². The summed E-state index contributed by atoms with van der Waals surface area (Å²) in [4.78, 5) is 10.2. The zero-order chi connectivity index (χ0) is 15.4. The van der Waals surface area contributed by atoms with Crippen LogP contribution in [0.1, 0.15) is 44.8 Å². The molecular weight excluding hydrogens is 268 g/mol. The fourth-order valence-electron chi connectivity index (χ4n) is 3.31. The minimum Gasteiger partial charge on any atom is -0.387 e. The number of non-ortho nitro benzene ring substituents is 1. The van der Waals surface area contributed by atoms with E-state index in [9.17, 15) is 15.2 Å². The van der Waals surface area contributed by atoms with Gasteiger partial charge in [-0.2, -0.15) is 0 Å². The second-order valence-electron chi connectivity index (χ2n) is 5.98. The van der Waals surface area contributed by atoms with Gasteiger partial charge in [-0.15, -0.1) is 0 Å². The van der Waals surface area contributed by atoms with Gasteiger partial charge in [0.15, 0.2) is 0 Å². The average Bonchev–Trinajstić information content (AvgIpc) is 2.85. The number of aliphatic hydroxyl groups excluding tert-OH is 1. The van der Waals surface area contributed by atoms with Crippen LogP contribution in [-0.4, -0.2) is 22.6 Å². The number of nitrogens with one attached hydrogen (secondary N) is 1. The number of rotatable bonds is 6. The second-order valence-corrected chi connectivity index (χ2v) is 5.98. The Balaban J connectivity index is 1.87. The van der Waals surface area contributed by atoms with Gasteiger partial charge in [-0.3, -0.25) is 10.1 Å². The zero-order valence-electron chi connectivity index (χ0n) is 12.7. The highest BCUT2D eigenvalue weighted by Gasteiger charge is 2.31. The lowest BCUT2D eigenvalue weighted by molar-refractivity contribution is -0.384. The SMILES string of the molecule is CCC1CCC(NCC(O)c2ccc([N+](=O)[O-])cc2)C1C. The molecule has 1 aliphatic carbocycles. The Morgan fingerprint density at radius 3 is 2.57 bits per heavy atom. The van der Waals surface area contributed by atoms with E-state index in [-0.39, 0.29) is 5.69 Å². The summed E-state index contributed by atoms with van der Waals surface area (Å²) < 4.78 is 0. The molecule has 0 amide bonds. The lowest BCUT2D eigenvalue weighted by Gasteiger charge is -2.22. The Hall–Kier alpha value is -1.46. The molecule has 0 spiro atoms. The molecule has 116 valence electrons. The van der Waals surface area contributed by atoms with Crippen molar-refractivity contribution in [1.29, 1.82) is 0 Å². The van der Waals surface area contributed by atoms with Crippen LogP contribution in [0, 0.1) is 22.0 Å². The van der Waals surface area contributed by atoms with E-state index in [1.54, 1.807) is 12.1 Å². The van der Waals surface area contributed by atoms with Gasteiger partial charge in [0, 0.05) is 24.7 Å². The molecule has 4 atom stereocenters. The maximum absolute atomic E-state index is 10.6. The second kappa shape index (κ2) is 7.00. The maximum atomic E-state index is 10.6. The van der Waals surface area contributed by atoms with Crippen molar-refractivity contribution in [1.82, 2.24) is 5.32 Å². The van der Waals surface area contributed by atoms with Gasteiger partial charge in [0.2, 0.25) is 0 Å². The summed E-state index contributed by atoms with van der Waals surface area (Å²) in [6.45, 7) is 5.00. The Morgan fingerprint density at radius 1 is 1.38 bits per heavy atom. The third kappa shape index (κ3) is 3.80. The van der Waals surface area contributed by atoms with Crippen LogP contribution in [0.25, 0.3) is 0 Å². The smallest absolute Gasteiger partial charge is 0.269 e. The Bertz CT molecular complexity index is 475. The number of benzene rings is 1. The van der Waals surface area contributed by atoms with Crippen LogP contribution in [0.5, 0.6) is 0 Å². The molecule has 1 aromatic carbocycles. The van der Waals surface area contributed by atoms with Crippen LogP contribution in [0.4, 0.5) is 5.69 Å². The van der Waals surface area contributed by atoms with Crippen molar-refractivity contribution < 1.29 is 10.0 Å². The van der Waals surface area contributed by atoms with Crippen molar-refractivity contribution in [3.05, 3.63) is 39.9 Å². The van der Waals surface area contributed by atoms with Crippen molar-refractivity contribution >= 4 is 5.69 Å². The molecule has 4 unspecified atom stereocenters. The van der Waals surface area contributed by atoms with Crippen LogP contribution >= 0.6 is 0 Å². The van der Waals surface area contributed by atoms with E-state index in [2.05, 4.69) is 19.2 Å². The van der Waals surface area contributed by atoms with Gasteiger partial charge in [-0.05, 0) is 42.4 Å². The number of nitro benzene ring substituents is 1. The lowest BCUT2D eigenvalue weighted by atomic mass is 9.93. The van der Waals surface area contributed by atoms with E-state index < -0.39 is 11.0 Å². The van der Waals surface area contributed by atoms with Gasteiger partial charge < -0.3 is 10.4 Å². The summed E-state index contributed by atoms with van der Waals surface area (Å²) in [6, 6.07) is 6.57. The average molecular weight is 292 g/mol.